The van der Waals surface area contributed by atoms with E-state index in [1.165, 1.54) is 0 Å². The van der Waals surface area contributed by atoms with Crippen LogP contribution in [0.2, 0.25) is 0 Å². The molecular weight excluding hydrogens is 604 g/mol. The number of hydrogen-bond donors (Lipinski definition) is 1. The maximum Gasteiger partial charge on any atom is 0.250 e. The average Bonchev–Trinajstić information content (AvgIpc) is 3.70. The number of aliphatic hydroxyl groups is 1. The number of carbonyl (C=O) groups excluding carboxylic acids is 3. The van der Waals surface area contributed by atoms with Gasteiger partial charge in [-0.05, 0) is 37.8 Å². The summed E-state index contributed by atoms with van der Waals surface area (Å²) in [5.41, 5.74) is 0.323. The number of benzene rings is 1. The highest BCUT2D eigenvalue weighted by molar-refractivity contribution is 9.09. The maximum absolute atomic E-state index is 14.6. The van der Waals surface area contributed by atoms with Gasteiger partial charge < -0.3 is 24.5 Å². The molecule has 1 spiro atoms. The molecule has 3 unspecified atom stereocenters. The second kappa shape index (κ2) is 12.6. The predicted molar refractivity (Wildman–Crippen MR) is 160 cm³/mol. The minimum Gasteiger partial charge on any atom is -0.396 e. The summed E-state index contributed by atoms with van der Waals surface area (Å²) in [7, 11) is 0. The van der Waals surface area contributed by atoms with Crippen LogP contribution in [0.4, 0.5) is 0 Å². The molecule has 4 heterocycles. The Hall–Kier alpha value is -3.09. The van der Waals surface area contributed by atoms with Crippen molar-refractivity contribution in [1.29, 1.82) is 0 Å². The monoisotopic (exact) mass is 642 g/mol. The molecule has 226 valence electrons. The highest BCUT2D eigenvalue weighted by Crippen LogP contribution is 2.60. The molecule has 11 nitrogen and oxygen atoms in total. The summed E-state index contributed by atoms with van der Waals surface area (Å²) in [6, 6.07) is 6.56. The lowest BCUT2D eigenvalue weighted by Crippen LogP contribution is -2.57. The molecule has 6 atom stereocenters. The molecule has 42 heavy (non-hydrogen) atoms. The number of unbranched alkanes of at least 4 members (excludes halogenated alkanes) is 1. The Kier molecular flexibility index (Phi) is 9.14. The maximum atomic E-state index is 14.6. The van der Waals surface area contributed by atoms with Gasteiger partial charge in [0.2, 0.25) is 17.7 Å². The van der Waals surface area contributed by atoms with Gasteiger partial charge in [-0.15, -0.1) is 18.3 Å². The fraction of sp³-hybridized carbons (Fsp3) is 0.567. The fourth-order valence-corrected chi connectivity index (χ4v) is 7.93. The van der Waals surface area contributed by atoms with Crippen LogP contribution in [-0.2, 0) is 25.8 Å². The SMILES string of the molecule is C=CCN(Cn1nnc2ccccc21)C(=O)C1N(CCCCO)C(=O)[C@@H]2[C@H](C(=O)N(CC=C)CCC)[C@H]3OC12CC3Br. The molecular formula is C30H39BrN6O5. The molecule has 1 aromatic carbocycles. The molecule has 0 radical (unpaired) electrons. The highest BCUT2D eigenvalue weighted by Gasteiger charge is 2.76. The van der Waals surface area contributed by atoms with Crippen molar-refractivity contribution < 1.29 is 24.2 Å². The van der Waals surface area contributed by atoms with Gasteiger partial charge in [0.15, 0.2) is 0 Å². The van der Waals surface area contributed by atoms with Crippen molar-refractivity contribution in [3.05, 3.63) is 49.6 Å². The Morgan fingerprint density at radius 2 is 1.93 bits per heavy atom. The van der Waals surface area contributed by atoms with E-state index in [2.05, 4.69) is 39.4 Å². The molecule has 2 aromatic rings. The number of para-hydroxylation sites is 1. The summed E-state index contributed by atoms with van der Waals surface area (Å²) in [6.45, 7) is 11.2. The quantitative estimate of drug-likeness (QED) is 0.191. The molecule has 12 heteroatoms. The van der Waals surface area contributed by atoms with E-state index >= 15 is 0 Å². The molecule has 0 saturated carbocycles. The topological polar surface area (TPSA) is 121 Å². The number of likely N-dealkylation sites (tertiary alicyclic amines) is 1. The summed E-state index contributed by atoms with van der Waals surface area (Å²) in [4.78, 5) is 47.6. The van der Waals surface area contributed by atoms with E-state index < -0.39 is 29.6 Å². The summed E-state index contributed by atoms with van der Waals surface area (Å²) in [5.74, 6) is -2.18. The Bertz CT molecular complexity index is 1350. The number of aromatic nitrogens is 3. The number of carbonyl (C=O) groups is 3. The van der Waals surface area contributed by atoms with Gasteiger partial charge in [0.05, 0.1) is 23.5 Å². The molecule has 3 saturated heterocycles. The number of hydrogen-bond acceptors (Lipinski definition) is 7. The zero-order valence-electron chi connectivity index (χ0n) is 24.0. The summed E-state index contributed by atoms with van der Waals surface area (Å²) >= 11 is 3.74. The lowest BCUT2D eigenvalue weighted by Gasteiger charge is -2.37. The Labute approximate surface area is 254 Å². The lowest BCUT2D eigenvalue weighted by atomic mass is 9.70. The third kappa shape index (κ3) is 5.07. The zero-order chi connectivity index (χ0) is 30.0. The number of aliphatic hydroxyl groups excluding tert-OH is 1. The number of alkyl halides is 1. The standard InChI is InChI=1S/C30H39BrN6O5/c1-4-13-34(14-5-2)27(39)23-24-28(40)36(16-9-10-17-38)26(30(24)18-20(31)25(23)42-30)29(41)35(15-6-3)19-37-22-12-8-7-11-21(22)32-33-37/h4,6-8,11-12,20,23-26,38H,1,3,5,9-10,13-19H2,2H3/t20?,23-,24-,25-,26?,30?/m0/s1. The number of amides is 3. The van der Waals surface area contributed by atoms with Gasteiger partial charge in [-0.3, -0.25) is 14.4 Å². The van der Waals surface area contributed by atoms with Gasteiger partial charge in [-0.2, -0.15) is 0 Å². The van der Waals surface area contributed by atoms with Gasteiger partial charge in [-0.1, -0.05) is 52.4 Å². The molecule has 5 rings (SSSR count). The Balaban J connectivity index is 1.53. The van der Waals surface area contributed by atoms with E-state index in [9.17, 15) is 19.5 Å². The fourth-order valence-electron chi connectivity index (χ4n) is 6.98. The molecule has 1 N–H and O–H groups in total. The molecule has 0 aliphatic carbocycles. The van der Waals surface area contributed by atoms with Crippen molar-refractivity contribution in [2.45, 2.75) is 61.8 Å². The Morgan fingerprint density at radius 1 is 1.19 bits per heavy atom. The van der Waals surface area contributed by atoms with E-state index in [-0.39, 0.29) is 48.9 Å². The van der Waals surface area contributed by atoms with E-state index in [0.717, 1.165) is 11.9 Å². The van der Waals surface area contributed by atoms with E-state index in [1.807, 2.05) is 31.2 Å². The smallest absolute Gasteiger partial charge is 0.250 e. The first kappa shape index (κ1) is 30.4. The number of rotatable bonds is 14. The predicted octanol–water partition coefficient (Wildman–Crippen LogP) is 2.35. The van der Waals surface area contributed by atoms with Crippen LogP contribution in [0.1, 0.15) is 32.6 Å². The van der Waals surface area contributed by atoms with E-state index in [1.54, 1.807) is 31.5 Å². The van der Waals surface area contributed by atoms with Gasteiger partial charge in [0.25, 0.3) is 0 Å². The van der Waals surface area contributed by atoms with Crippen LogP contribution in [-0.4, -0.2) is 108 Å². The van der Waals surface area contributed by atoms with Crippen LogP contribution in [0.3, 0.4) is 0 Å². The van der Waals surface area contributed by atoms with E-state index in [0.29, 0.717) is 37.9 Å². The molecule has 3 fully saturated rings. The van der Waals surface area contributed by atoms with Crippen LogP contribution in [0, 0.1) is 11.8 Å². The van der Waals surface area contributed by atoms with E-state index in [4.69, 9.17) is 4.74 Å². The van der Waals surface area contributed by atoms with Crippen molar-refractivity contribution in [2.75, 3.05) is 32.8 Å². The minimum atomic E-state index is -1.16. The van der Waals surface area contributed by atoms with Gasteiger partial charge in [-0.25, -0.2) is 4.68 Å². The van der Waals surface area contributed by atoms with Crippen molar-refractivity contribution in [3.8, 4) is 0 Å². The molecule has 3 aliphatic rings. The second-order valence-corrected chi connectivity index (χ2v) is 12.4. The molecule has 1 aromatic heterocycles. The lowest BCUT2D eigenvalue weighted by molar-refractivity contribution is -0.149. The average molecular weight is 644 g/mol. The third-order valence-electron chi connectivity index (χ3n) is 8.66. The third-order valence-corrected chi connectivity index (χ3v) is 9.50. The van der Waals surface area contributed by atoms with Gasteiger partial charge in [0, 0.05) is 37.6 Å². The first-order valence-corrected chi connectivity index (χ1v) is 15.5. The summed E-state index contributed by atoms with van der Waals surface area (Å²) in [5, 5.41) is 17.9. The first-order valence-electron chi connectivity index (χ1n) is 14.6. The van der Waals surface area contributed by atoms with Crippen LogP contribution < -0.4 is 0 Å². The van der Waals surface area contributed by atoms with Gasteiger partial charge >= 0.3 is 0 Å². The van der Waals surface area contributed by atoms with Crippen LogP contribution in [0.15, 0.2) is 49.6 Å². The van der Waals surface area contributed by atoms with Gasteiger partial charge in [0.1, 0.15) is 23.8 Å². The highest BCUT2D eigenvalue weighted by atomic mass is 79.9. The number of halogens is 1. The van der Waals surface area contributed by atoms with Crippen molar-refractivity contribution in [3.63, 3.8) is 0 Å². The normalized spacial score (nSPS) is 27.8. The summed E-state index contributed by atoms with van der Waals surface area (Å²) < 4.78 is 8.33. The summed E-state index contributed by atoms with van der Waals surface area (Å²) in [6.07, 6.45) is 4.99. The van der Waals surface area contributed by atoms with Crippen molar-refractivity contribution >= 4 is 44.7 Å². The van der Waals surface area contributed by atoms with Crippen molar-refractivity contribution in [1.82, 2.24) is 29.7 Å². The van der Waals surface area contributed by atoms with Crippen LogP contribution >= 0.6 is 15.9 Å². The largest absolute Gasteiger partial charge is 0.396 e. The minimum absolute atomic E-state index is 0.0200. The molecule has 3 amide bonds. The first-order chi connectivity index (χ1) is 20.3. The number of ether oxygens (including phenoxy) is 1. The van der Waals surface area contributed by atoms with Crippen LogP contribution in [0.5, 0.6) is 0 Å². The second-order valence-electron chi connectivity index (χ2n) is 11.3. The number of fused-ring (bicyclic) bond motifs is 2. The zero-order valence-corrected chi connectivity index (χ0v) is 25.6. The van der Waals surface area contributed by atoms with Crippen LogP contribution in [0.25, 0.3) is 11.0 Å². The van der Waals surface area contributed by atoms with Crippen molar-refractivity contribution in [2.24, 2.45) is 11.8 Å². The Morgan fingerprint density at radius 3 is 2.64 bits per heavy atom. The molecule has 3 aliphatic heterocycles. The molecule has 2 bridgehead atoms. The number of nitrogens with zero attached hydrogens (tertiary/aromatic N) is 6.